The number of aromatic amines is 1. The first-order valence-electron chi connectivity index (χ1n) is 5.20. The van der Waals surface area contributed by atoms with Crippen LogP contribution in [-0.2, 0) is 0 Å². The zero-order valence-corrected chi connectivity index (χ0v) is 9.19. The summed E-state index contributed by atoms with van der Waals surface area (Å²) >= 11 is 0. The molecule has 1 aliphatic rings. The van der Waals surface area contributed by atoms with E-state index in [2.05, 4.69) is 9.97 Å². The van der Waals surface area contributed by atoms with Crippen LogP contribution in [-0.4, -0.2) is 16.8 Å². The summed E-state index contributed by atoms with van der Waals surface area (Å²) in [6.07, 6.45) is 0. The summed E-state index contributed by atoms with van der Waals surface area (Å²) in [4.78, 5) is 17.8. The third-order valence-corrected chi connectivity index (χ3v) is 2.55. The van der Waals surface area contributed by atoms with E-state index in [1.54, 1.807) is 0 Å². The predicted octanol–water partition coefficient (Wildman–Crippen LogP) is 1.47. The standard InChI is InChI=1S/C12H10N2O3/c1-7-4-9(14-12(15)13-7)8-2-3-10-11(5-8)17-6-16-10/h2-5H,6H2,1H3,(H,13,14,15). The van der Waals surface area contributed by atoms with Crippen LogP contribution in [0, 0.1) is 6.92 Å². The molecule has 0 radical (unpaired) electrons. The molecule has 0 fully saturated rings. The van der Waals surface area contributed by atoms with Gasteiger partial charge in [-0.3, -0.25) is 0 Å². The summed E-state index contributed by atoms with van der Waals surface area (Å²) in [5.41, 5.74) is 1.89. The topological polar surface area (TPSA) is 64.2 Å². The first kappa shape index (κ1) is 9.89. The van der Waals surface area contributed by atoms with Crippen LogP contribution in [0.1, 0.15) is 5.69 Å². The van der Waals surface area contributed by atoms with Gasteiger partial charge in [-0.05, 0) is 31.2 Å². The van der Waals surface area contributed by atoms with Crippen LogP contribution in [0.2, 0.25) is 0 Å². The van der Waals surface area contributed by atoms with Crippen molar-refractivity contribution in [2.45, 2.75) is 6.92 Å². The molecule has 0 amide bonds. The number of benzene rings is 1. The SMILES string of the molecule is Cc1cc(-c2ccc3c(c2)OCO3)nc(=O)[nH]1. The van der Waals surface area contributed by atoms with Crippen LogP contribution < -0.4 is 15.2 Å². The molecular weight excluding hydrogens is 220 g/mol. The van der Waals surface area contributed by atoms with Gasteiger partial charge >= 0.3 is 5.69 Å². The maximum atomic E-state index is 11.3. The van der Waals surface area contributed by atoms with Gasteiger partial charge in [-0.2, -0.15) is 4.98 Å². The highest BCUT2D eigenvalue weighted by molar-refractivity contribution is 5.64. The van der Waals surface area contributed by atoms with Crippen molar-refractivity contribution >= 4 is 0 Å². The van der Waals surface area contributed by atoms with E-state index < -0.39 is 0 Å². The van der Waals surface area contributed by atoms with E-state index in [-0.39, 0.29) is 12.5 Å². The number of hydrogen-bond acceptors (Lipinski definition) is 4. The number of hydrogen-bond donors (Lipinski definition) is 1. The summed E-state index contributed by atoms with van der Waals surface area (Å²) in [7, 11) is 0. The average Bonchev–Trinajstić information content (AvgIpc) is 2.74. The highest BCUT2D eigenvalue weighted by Crippen LogP contribution is 2.35. The fourth-order valence-corrected chi connectivity index (χ4v) is 1.78. The summed E-state index contributed by atoms with van der Waals surface area (Å²) in [6, 6.07) is 7.31. The van der Waals surface area contributed by atoms with Crippen molar-refractivity contribution in [1.82, 2.24) is 9.97 Å². The largest absolute Gasteiger partial charge is 0.454 e. The molecule has 5 heteroatoms. The second-order valence-corrected chi connectivity index (χ2v) is 3.82. The highest BCUT2D eigenvalue weighted by atomic mass is 16.7. The second-order valence-electron chi connectivity index (χ2n) is 3.82. The highest BCUT2D eigenvalue weighted by Gasteiger charge is 2.14. The second kappa shape index (κ2) is 3.62. The molecule has 86 valence electrons. The molecule has 0 spiro atoms. The van der Waals surface area contributed by atoms with Crippen molar-refractivity contribution in [2.75, 3.05) is 6.79 Å². The van der Waals surface area contributed by atoms with Crippen LogP contribution in [0.5, 0.6) is 11.5 Å². The van der Waals surface area contributed by atoms with Gasteiger partial charge in [-0.1, -0.05) is 0 Å². The van der Waals surface area contributed by atoms with Crippen LogP contribution in [0.25, 0.3) is 11.3 Å². The Morgan fingerprint density at radius 1 is 1.24 bits per heavy atom. The fraction of sp³-hybridized carbons (Fsp3) is 0.167. The smallest absolute Gasteiger partial charge is 0.345 e. The van der Waals surface area contributed by atoms with E-state index >= 15 is 0 Å². The molecule has 0 bridgehead atoms. The zero-order valence-electron chi connectivity index (χ0n) is 9.19. The zero-order chi connectivity index (χ0) is 11.8. The van der Waals surface area contributed by atoms with E-state index in [0.717, 1.165) is 17.0 Å². The summed E-state index contributed by atoms with van der Waals surface area (Å²) in [5, 5.41) is 0. The van der Waals surface area contributed by atoms with Crippen molar-refractivity contribution in [3.05, 3.63) is 40.4 Å². The van der Waals surface area contributed by atoms with Gasteiger partial charge in [0.15, 0.2) is 11.5 Å². The number of aryl methyl sites for hydroxylation is 1. The number of ether oxygens (including phenoxy) is 2. The number of nitrogens with one attached hydrogen (secondary N) is 1. The molecule has 17 heavy (non-hydrogen) atoms. The molecule has 0 saturated carbocycles. The van der Waals surface area contributed by atoms with Crippen LogP contribution in [0.4, 0.5) is 0 Å². The summed E-state index contributed by atoms with van der Waals surface area (Å²) in [6.45, 7) is 2.06. The normalized spacial score (nSPS) is 12.8. The minimum absolute atomic E-state index is 0.237. The lowest BCUT2D eigenvalue weighted by atomic mass is 10.1. The van der Waals surface area contributed by atoms with E-state index in [9.17, 15) is 4.79 Å². The van der Waals surface area contributed by atoms with E-state index in [0.29, 0.717) is 11.4 Å². The van der Waals surface area contributed by atoms with Crippen LogP contribution >= 0.6 is 0 Å². The molecule has 0 atom stereocenters. The maximum absolute atomic E-state index is 11.3. The van der Waals surface area contributed by atoms with Gasteiger partial charge in [0, 0.05) is 11.3 Å². The Morgan fingerprint density at radius 3 is 2.88 bits per heavy atom. The van der Waals surface area contributed by atoms with Gasteiger partial charge in [0.2, 0.25) is 6.79 Å². The Hall–Kier alpha value is -2.30. The molecule has 1 aromatic carbocycles. The van der Waals surface area contributed by atoms with Gasteiger partial charge in [-0.25, -0.2) is 4.79 Å². The third-order valence-electron chi connectivity index (χ3n) is 2.55. The molecule has 2 aromatic rings. The first-order chi connectivity index (χ1) is 8.22. The van der Waals surface area contributed by atoms with Crippen molar-refractivity contribution in [3.8, 4) is 22.8 Å². The fourth-order valence-electron chi connectivity index (χ4n) is 1.78. The molecule has 0 unspecified atom stereocenters. The number of aromatic nitrogens is 2. The Labute approximate surface area is 97.0 Å². The van der Waals surface area contributed by atoms with E-state index in [4.69, 9.17) is 9.47 Å². The molecule has 5 nitrogen and oxygen atoms in total. The van der Waals surface area contributed by atoms with Gasteiger partial charge in [0.05, 0.1) is 5.69 Å². The van der Waals surface area contributed by atoms with E-state index in [1.165, 1.54) is 0 Å². The number of H-pyrrole nitrogens is 1. The molecule has 2 heterocycles. The van der Waals surface area contributed by atoms with Crippen molar-refractivity contribution in [3.63, 3.8) is 0 Å². The minimum Gasteiger partial charge on any atom is -0.454 e. The summed E-state index contributed by atoms with van der Waals surface area (Å²) in [5.74, 6) is 1.40. The molecule has 1 aromatic heterocycles. The van der Waals surface area contributed by atoms with Crippen LogP contribution in [0.15, 0.2) is 29.1 Å². The Kier molecular flexibility index (Phi) is 2.11. The molecule has 0 aliphatic carbocycles. The van der Waals surface area contributed by atoms with Gasteiger partial charge in [0.1, 0.15) is 0 Å². The predicted molar refractivity (Wildman–Crippen MR) is 61.2 cm³/mol. The molecule has 3 rings (SSSR count). The van der Waals surface area contributed by atoms with Crippen molar-refractivity contribution in [2.24, 2.45) is 0 Å². The number of rotatable bonds is 1. The van der Waals surface area contributed by atoms with Crippen molar-refractivity contribution < 1.29 is 9.47 Å². The van der Waals surface area contributed by atoms with Gasteiger partial charge in [-0.15, -0.1) is 0 Å². The average molecular weight is 230 g/mol. The Bertz CT molecular complexity index is 634. The molecule has 0 saturated heterocycles. The first-order valence-corrected chi connectivity index (χ1v) is 5.20. The third kappa shape index (κ3) is 1.75. The molecular formula is C12H10N2O3. The molecule has 1 aliphatic heterocycles. The van der Waals surface area contributed by atoms with Gasteiger partial charge < -0.3 is 14.5 Å². The number of fused-ring (bicyclic) bond motifs is 1. The lowest BCUT2D eigenvalue weighted by molar-refractivity contribution is 0.174. The lowest BCUT2D eigenvalue weighted by Crippen LogP contribution is -2.11. The summed E-state index contributed by atoms with van der Waals surface area (Å²) < 4.78 is 10.5. The van der Waals surface area contributed by atoms with Crippen LogP contribution in [0.3, 0.4) is 0 Å². The molecule has 1 N–H and O–H groups in total. The lowest BCUT2D eigenvalue weighted by Gasteiger charge is -2.02. The van der Waals surface area contributed by atoms with E-state index in [1.807, 2.05) is 31.2 Å². The minimum atomic E-state index is -0.349. The Morgan fingerprint density at radius 2 is 2.06 bits per heavy atom. The van der Waals surface area contributed by atoms with Crippen molar-refractivity contribution in [1.29, 1.82) is 0 Å². The number of nitrogens with zero attached hydrogens (tertiary/aromatic N) is 1. The monoisotopic (exact) mass is 230 g/mol. The quantitative estimate of drug-likeness (QED) is 0.805. The van der Waals surface area contributed by atoms with Gasteiger partial charge in [0.25, 0.3) is 0 Å². The maximum Gasteiger partial charge on any atom is 0.345 e. The Balaban J connectivity index is 2.12.